The van der Waals surface area contributed by atoms with Crippen molar-refractivity contribution in [3.05, 3.63) is 47.1 Å². The summed E-state index contributed by atoms with van der Waals surface area (Å²) in [4.78, 5) is 0. The quantitative estimate of drug-likeness (QED) is 0.785. The Morgan fingerprint density at radius 3 is 2.40 bits per heavy atom. The number of allylic oxidation sites excluding steroid dienone is 3. The lowest BCUT2D eigenvalue weighted by molar-refractivity contribution is 0.406. The first-order valence-corrected chi connectivity index (χ1v) is 7.31. The standard InChI is InChI=1S/C18H24O2/c1-5-13-9-16(19)18(17(20)10-13)15-8-12(4)6-7-14(15)11(2)3/h8-10,14-15,19-20H,2,5-7H2,1,3-4H3. The third-order valence-corrected chi connectivity index (χ3v) is 4.32. The van der Waals surface area contributed by atoms with Crippen molar-refractivity contribution >= 4 is 0 Å². The number of benzene rings is 1. The molecule has 1 aliphatic rings. The van der Waals surface area contributed by atoms with E-state index >= 15 is 0 Å². The largest absolute Gasteiger partial charge is 0.507 e. The Kier molecular flexibility index (Phi) is 4.22. The average Bonchev–Trinajstić information content (AvgIpc) is 2.37. The third kappa shape index (κ3) is 2.74. The van der Waals surface area contributed by atoms with Crippen molar-refractivity contribution in [3.8, 4) is 11.5 Å². The molecule has 108 valence electrons. The van der Waals surface area contributed by atoms with Gasteiger partial charge in [0.2, 0.25) is 0 Å². The van der Waals surface area contributed by atoms with E-state index in [2.05, 4.69) is 19.6 Å². The van der Waals surface area contributed by atoms with Gasteiger partial charge in [0.25, 0.3) is 0 Å². The zero-order chi connectivity index (χ0) is 14.9. The Morgan fingerprint density at radius 1 is 1.30 bits per heavy atom. The second-order valence-corrected chi connectivity index (χ2v) is 5.93. The van der Waals surface area contributed by atoms with E-state index in [1.807, 2.05) is 13.8 Å². The van der Waals surface area contributed by atoms with Crippen molar-refractivity contribution in [2.75, 3.05) is 0 Å². The maximum atomic E-state index is 10.3. The van der Waals surface area contributed by atoms with Crippen molar-refractivity contribution in [2.24, 2.45) is 5.92 Å². The van der Waals surface area contributed by atoms with Crippen LogP contribution in [0.1, 0.15) is 50.7 Å². The van der Waals surface area contributed by atoms with E-state index in [-0.39, 0.29) is 23.3 Å². The van der Waals surface area contributed by atoms with Gasteiger partial charge in [-0.25, -0.2) is 0 Å². The molecule has 1 aromatic carbocycles. The van der Waals surface area contributed by atoms with E-state index in [1.165, 1.54) is 5.57 Å². The fourth-order valence-electron chi connectivity index (χ4n) is 3.13. The average molecular weight is 272 g/mol. The van der Waals surface area contributed by atoms with Gasteiger partial charge in [-0.1, -0.05) is 30.7 Å². The van der Waals surface area contributed by atoms with Gasteiger partial charge in [-0.2, -0.15) is 0 Å². The molecule has 0 radical (unpaired) electrons. The first-order chi connectivity index (χ1) is 9.43. The molecule has 1 aromatic rings. The Hall–Kier alpha value is -1.70. The zero-order valence-electron chi connectivity index (χ0n) is 12.6. The summed E-state index contributed by atoms with van der Waals surface area (Å²) in [6, 6.07) is 3.53. The van der Waals surface area contributed by atoms with E-state index in [1.54, 1.807) is 12.1 Å². The molecule has 0 spiro atoms. The van der Waals surface area contributed by atoms with E-state index in [9.17, 15) is 10.2 Å². The molecule has 0 bridgehead atoms. The van der Waals surface area contributed by atoms with E-state index in [0.29, 0.717) is 5.56 Å². The summed E-state index contributed by atoms with van der Waals surface area (Å²) in [6.45, 7) is 10.2. The molecule has 2 N–H and O–H groups in total. The monoisotopic (exact) mass is 272 g/mol. The molecule has 1 aliphatic carbocycles. The van der Waals surface area contributed by atoms with Gasteiger partial charge in [-0.05, 0) is 56.7 Å². The van der Waals surface area contributed by atoms with Crippen LogP contribution < -0.4 is 0 Å². The fourth-order valence-corrected chi connectivity index (χ4v) is 3.13. The highest BCUT2D eigenvalue weighted by Crippen LogP contribution is 2.46. The van der Waals surface area contributed by atoms with E-state index in [0.717, 1.165) is 30.4 Å². The number of aromatic hydroxyl groups is 2. The normalized spacial score (nSPS) is 22.4. The number of hydrogen-bond donors (Lipinski definition) is 2. The van der Waals surface area contributed by atoms with Crippen LogP contribution in [0.5, 0.6) is 11.5 Å². The summed E-state index contributed by atoms with van der Waals surface area (Å²) < 4.78 is 0. The van der Waals surface area contributed by atoms with Crippen LogP contribution in [0.3, 0.4) is 0 Å². The van der Waals surface area contributed by atoms with Crippen molar-refractivity contribution in [1.82, 2.24) is 0 Å². The fraction of sp³-hybridized carbons (Fsp3) is 0.444. The number of hydrogen-bond acceptors (Lipinski definition) is 2. The van der Waals surface area contributed by atoms with Crippen molar-refractivity contribution in [2.45, 2.75) is 46.0 Å². The van der Waals surface area contributed by atoms with Crippen LogP contribution in [0.25, 0.3) is 0 Å². The molecule has 0 saturated heterocycles. The molecule has 0 fully saturated rings. The van der Waals surface area contributed by atoms with E-state index in [4.69, 9.17) is 0 Å². The number of rotatable bonds is 3. The van der Waals surface area contributed by atoms with Crippen LogP contribution >= 0.6 is 0 Å². The summed E-state index contributed by atoms with van der Waals surface area (Å²) in [5.41, 5.74) is 4.02. The van der Waals surface area contributed by atoms with Gasteiger partial charge >= 0.3 is 0 Å². The Bertz CT molecular complexity index is 532. The van der Waals surface area contributed by atoms with Gasteiger partial charge in [-0.3, -0.25) is 0 Å². The summed E-state index contributed by atoms with van der Waals surface area (Å²) >= 11 is 0. The molecule has 0 saturated carbocycles. The Balaban J connectivity index is 2.52. The summed E-state index contributed by atoms with van der Waals surface area (Å²) in [7, 11) is 0. The first kappa shape index (κ1) is 14.7. The molecule has 0 aliphatic heterocycles. The van der Waals surface area contributed by atoms with Gasteiger partial charge < -0.3 is 10.2 Å². The number of phenolic OH excluding ortho intramolecular Hbond substituents is 2. The molecule has 0 heterocycles. The van der Waals surface area contributed by atoms with Crippen LogP contribution in [0.2, 0.25) is 0 Å². The van der Waals surface area contributed by atoms with Gasteiger partial charge in [-0.15, -0.1) is 0 Å². The summed E-state index contributed by atoms with van der Waals surface area (Å²) in [5, 5.41) is 20.6. The first-order valence-electron chi connectivity index (χ1n) is 7.31. The molecule has 0 aromatic heterocycles. The molecule has 2 unspecified atom stereocenters. The van der Waals surface area contributed by atoms with Crippen LogP contribution in [0.15, 0.2) is 35.9 Å². The lowest BCUT2D eigenvalue weighted by Gasteiger charge is -2.31. The van der Waals surface area contributed by atoms with Crippen LogP contribution in [-0.2, 0) is 6.42 Å². The maximum Gasteiger partial charge on any atom is 0.123 e. The van der Waals surface area contributed by atoms with Crippen molar-refractivity contribution in [3.63, 3.8) is 0 Å². The molecule has 2 rings (SSSR count). The van der Waals surface area contributed by atoms with Gasteiger partial charge in [0.15, 0.2) is 0 Å². The van der Waals surface area contributed by atoms with Crippen molar-refractivity contribution in [1.29, 1.82) is 0 Å². The number of phenols is 2. The third-order valence-electron chi connectivity index (χ3n) is 4.32. The summed E-state index contributed by atoms with van der Waals surface area (Å²) in [6.07, 6.45) is 5.05. The maximum absolute atomic E-state index is 10.3. The van der Waals surface area contributed by atoms with E-state index < -0.39 is 0 Å². The minimum absolute atomic E-state index is 0.0205. The lowest BCUT2D eigenvalue weighted by atomic mass is 9.73. The summed E-state index contributed by atoms with van der Waals surface area (Å²) in [5.74, 6) is 0.697. The molecule has 2 atom stereocenters. The van der Waals surface area contributed by atoms with Gasteiger partial charge in [0, 0.05) is 11.5 Å². The SMILES string of the molecule is C=C(C)C1CCC(C)=CC1c1c(O)cc(CC)cc1O. The predicted octanol–water partition coefficient (Wildman–Crippen LogP) is 4.68. The second-order valence-electron chi connectivity index (χ2n) is 5.93. The minimum Gasteiger partial charge on any atom is -0.507 e. The van der Waals surface area contributed by atoms with Crippen LogP contribution in [-0.4, -0.2) is 10.2 Å². The minimum atomic E-state index is 0.0205. The topological polar surface area (TPSA) is 40.5 Å². The van der Waals surface area contributed by atoms with Crippen LogP contribution in [0.4, 0.5) is 0 Å². The predicted molar refractivity (Wildman–Crippen MR) is 83.2 cm³/mol. The molecule has 20 heavy (non-hydrogen) atoms. The van der Waals surface area contributed by atoms with Crippen LogP contribution in [0, 0.1) is 5.92 Å². The second kappa shape index (κ2) is 5.74. The highest BCUT2D eigenvalue weighted by molar-refractivity contribution is 5.51. The Labute approximate surface area is 121 Å². The van der Waals surface area contributed by atoms with Crippen molar-refractivity contribution < 1.29 is 10.2 Å². The highest BCUT2D eigenvalue weighted by atomic mass is 16.3. The lowest BCUT2D eigenvalue weighted by Crippen LogP contribution is -2.17. The highest BCUT2D eigenvalue weighted by Gasteiger charge is 2.29. The molecular formula is C18H24O2. The molecular weight excluding hydrogens is 248 g/mol. The van der Waals surface area contributed by atoms with Gasteiger partial charge in [0.1, 0.15) is 11.5 Å². The molecule has 2 nitrogen and oxygen atoms in total. The van der Waals surface area contributed by atoms with Gasteiger partial charge in [0.05, 0.1) is 0 Å². The number of aryl methyl sites for hydroxylation is 1. The Morgan fingerprint density at radius 2 is 1.90 bits per heavy atom. The molecule has 2 heteroatoms. The smallest absolute Gasteiger partial charge is 0.123 e. The molecule has 0 amide bonds. The zero-order valence-corrected chi connectivity index (χ0v) is 12.6.